The first-order chi connectivity index (χ1) is 16.5. The number of rotatable bonds is 5. The van der Waals surface area contributed by atoms with Crippen LogP contribution in [0.3, 0.4) is 0 Å². The van der Waals surface area contributed by atoms with E-state index < -0.39 is 0 Å². The molecule has 34 heavy (non-hydrogen) atoms. The number of nitrogens with zero attached hydrogens (tertiary/aromatic N) is 3. The number of anilines is 2. The zero-order chi connectivity index (χ0) is 23.5. The van der Waals surface area contributed by atoms with Gasteiger partial charge in [-0.05, 0) is 57.0 Å². The summed E-state index contributed by atoms with van der Waals surface area (Å²) in [6.07, 6.45) is 2.57. The second kappa shape index (κ2) is 9.43. The second-order valence-electron chi connectivity index (χ2n) is 9.19. The molecule has 2 saturated heterocycles. The Morgan fingerprint density at radius 1 is 1.06 bits per heavy atom. The summed E-state index contributed by atoms with van der Waals surface area (Å²) in [5.41, 5.74) is 2.20. The standard InChI is InChI=1S/C27H30N4O3/c1-19-15-25(29-20(2)28-19)30-22-8-6-7-21(16-22)26(32)31-13-11-27(12-14-31)17-24(18-33-27)34-23-9-4-3-5-10-23/h3-10,15-16,24H,11-14,17-18H2,1-2H3,(H,28,29,30). The average molecular weight is 459 g/mol. The summed E-state index contributed by atoms with van der Waals surface area (Å²) in [4.78, 5) is 23.9. The van der Waals surface area contributed by atoms with Crippen LogP contribution in [0.2, 0.25) is 0 Å². The molecule has 7 heteroatoms. The number of likely N-dealkylation sites (tertiary alicyclic amines) is 1. The van der Waals surface area contributed by atoms with Crippen molar-refractivity contribution in [2.75, 3.05) is 25.0 Å². The first-order valence-electron chi connectivity index (χ1n) is 11.8. The number of hydrogen-bond acceptors (Lipinski definition) is 6. The van der Waals surface area contributed by atoms with Gasteiger partial charge in [0.25, 0.3) is 5.91 Å². The highest BCUT2D eigenvalue weighted by atomic mass is 16.6. The molecule has 0 radical (unpaired) electrons. The Morgan fingerprint density at radius 2 is 1.85 bits per heavy atom. The first-order valence-corrected chi connectivity index (χ1v) is 11.8. The summed E-state index contributed by atoms with van der Waals surface area (Å²) in [6, 6.07) is 19.4. The van der Waals surface area contributed by atoms with Gasteiger partial charge in [0.15, 0.2) is 0 Å². The molecule has 1 N–H and O–H groups in total. The zero-order valence-electron chi connectivity index (χ0n) is 19.7. The Hall–Kier alpha value is -3.45. The van der Waals surface area contributed by atoms with E-state index in [-0.39, 0.29) is 17.6 Å². The molecule has 0 aliphatic carbocycles. The Morgan fingerprint density at radius 3 is 2.62 bits per heavy atom. The molecule has 176 valence electrons. The molecule has 1 atom stereocenters. The van der Waals surface area contributed by atoms with Gasteiger partial charge < -0.3 is 19.7 Å². The van der Waals surface area contributed by atoms with Crippen molar-refractivity contribution in [2.45, 2.75) is 44.8 Å². The van der Waals surface area contributed by atoms with Gasteiger partial charge in [0.2, 0.25) is 0 Å². The van der Waals surface area contributed by atoms with Crippen LogP contribution in [0.4, 0.5) is 11.5 Å². The van der Waals surface area contributed by atoms with Crippen LogP contribution in [0, 0.1) is 13.8 Å². The molecule has 2 aromatic carbocycles. The normalized spacial score (nSPS) is 19.2. The van der Waals surface area contributed by atoms with Crippen LogP contribution in [0.1, 0.15) is 41.1 Å². The highest BCUT2D eigenvalue weighted by Crippen LogP contribution is 2.37. The monoisotopic (exact) mass is 458 g/mol. The highest BCUT2D eigenvalue weighted by Gasteiger charge is 2.44. The number of para-hydroxylation sites is 1. The molecule has 2 aliphatic rings. The summed E-state index contributed by atoms with van der Waals surface area (Å²) in [7, 11) is 0. The van der Waals surface area contributed by atoms with Crippen LogP contribution >= 0.6 is 0 Å². The maximum absolute atomic E-state index is 13.2. The minimum absolute atomic E-state index is 0.0450. The molecule has 1 aromatic heterocycles. The van der Waals surface area contributed by atoms with Gasteiger partial charge in [-0.2, -0.15) is 0 Å². The topological polar surface area (TPSA) is 76.6 Å². The second-order valence-corrected chi connectivity index (χ2v) is 9.19. The molecular weight excluding hydrogens is 428 g/mol. The highest BCUT2D eigenvalue weighted by molar-refractivity contribution is 5.95. The fraction of sp³-hybridized carbons (Fsp3) is 0.370. The minimum Gasteiger partial charge on any atom is -0.488 e. The molecule has 3 heterocycles. The van der Waals surface area contributed by atoms with E-state index >= 15 is 0 Å². The third kappa shape index (κ3) is 5.04. The molecule has 5 rings (SSSR count). The molecule has 2 fully saturated rings. The van der Waals surface area contributed by atoms with Crippen LogP contribution in [0.25, 0.3) is 0 Å². The summed E-state index contributed by atoms with van der Waals surface area (Å²) in [6.45, 7) is 5.76. The number of aromatic nitrogens is 2. The molecule has 1 amide bonds. The van der Waals surface area contributed by atoms with Crippen molar-refractivity contribution in [3.05, 3.63) is 77.7 Å². The van der Waals surface area contributed by atoms with Crippen LogP contribution in [0.15, 0.2) is 60.7 Å². The minimum atomic E-state index is -0.192. The van der Waals surface area contributed by atoms with E-state index in [2.05, 4.69) is 15.3 Å². The molecule has 2 aliphatic heterocycles. The number of hydrogen-bond donors (Lipinski definition) is 1. The van der Waals surface area contributed by atoms with Gasteiger partial charge in [-0.15, -0.1) is 0 Å². The van der Waals surface area contributed by atoms with E-state index in [1.54, 1.807) is 0 Å². The smallest absolute Gasteiger partial charge is 0.253 e. The molecule has 3 aromatic rings. The van der Waals surface area contributed by atoms with Crippen LogP contribution < -0.4 is 10.1 Å². The van der Waals surface area contributed by atoms with Crippen LogP contribution in [-0.4, -0.2) is 52.2 Å². The van der Waals surface area contributed by atoms with E-state index in [1.165, 1.54) is 0 Å². The fourth-order valence-corrected chi connectivity index (χ4v) is 4.88. The van der Waals surface area contributed by atoms with Crippen molar-refractivity contribution in [1.82, 2.24) is 14.9 Å². The van der Waals surface area contributed by atoms with Crippen LogP contribution in [0.5, 0.6) is 5.75 Å². The Kier molecular flexibility index (Phi) is 6.20. The predicted octanol–water partition coefficient (Wildman–Crippen LogP) is 4.68. The van der Waals surface area contributed by atoms with Crippen molar-refractivity contribution in [3.8, 4) is 5.75 Å². The van der Waals surface area contributed by atoms with Crippen molar-refractivity contribution in [1.29, 1.82) is 0 Å². The van der Waals surface area contributed by atoms with E-state index in [0.717, 1.165) is 42.2 Å². The maximum Gasteiger partial charge on any atom is 0.253 e. The number of aryl methyl sites for hydroxylation is 2. The van der Waals surface area contributed by atoms with Gasteiger partial charge in [0.05, 0.1) is 12.2 Å². The van der Waals surface area contributed by atoms with E-state index in [1.807, 2.05) is 79.4 Å². The average Bonchev–Trinajstić information content (AvgIpc) is 3.21. The molecular formula is C27H30N4O3. The lowest BCUT2D eigenvalue weighted by atomic mass is 9.87. The number of carbonyl (C=O) groups is 1. The first kappa shape index (κ1) is 22.3. The number of ether oxygens (including phenoxy) is 2. The van der Waals surface area contributed by atoms with Crippen molar-refractivity contribution < 1.29 is 14.3 Å². The molecule has 7 nitrogen and oxygen atoms in total. The van der Waals surface area contributed by atoms with Crippen molar-refractivity contribution in [2.24, 2.45) is 0 Å². The van der Waals surface area contributed by atoms with Crippen LogP contribution in [-0.2, 0) is 4.74 Å². The van der Waals surface area contributed by atoms with E-state index in [4.69, 9.17) is 9.47 Å². The van der Waals surface area contributed by atoms with Gasteiger partial charge >= 0.3 is 0 Å². The summed E-state index contributed by atoms with van der Waals surface area (Å²) >= 11 is 0. The van der Waals surface area contributed by atoms with Gasteiger partial charge in [0, 0.05) is 42.5 Å². The summed E-state index contributed by atoms with van der Waals surface area (Å²) < 4.78 is 12.3. The van der Waals surface area contributed by atoms with Gasteiger partial charge in [0.1, 0.15) is 23.5 Å². The number of carbonyl (C=O) groups excluding carboxylic acids is 1. The molecule has 0 saturated carbocycles. The number of benzene rings is 2. The number of nitrogens with one attached hydrogen (secondary N) is 1. The van der Waals surface area contributed by atoms with Crippen molar-refractivity contribution >= 4 is 17.4 Å². The van der Waals surface area contributed by atoms with Gasteiger partial charge in [-0.1, -0.05) is 24.3 Å². The third-order valence-electron chi connectivity index (χ3n) is 6.53. The Bertz CT molecular complexity index is 1140. The maximum atomic E-state index is 13.2. The zero-order valence-corrected chi connectivity index (χ0v) is 19.7. The third-order valence-corrected chi connectivity index (χ3v) is 6.53. The fourth-order valence-electron chi connectivity index (χ4n) is 4.88. The SMILES string of the molecule is Cc1cc(Nc2cccc(C(=O)N3CCC4(CC3)CC(Oc3ccccc3)CO4)c2)nc(C)n1. The van der Waals surface area contributed by atoms with Gasteiger partial charge in [-0.25, -0.2) is 9.97 Å². The Balaban J connectivity index is 1.19. The molecule has 1 unspecified atom stereocenters. The van der Waals surface area contributed by atoms with E-state index in [0.29, 0.717) is 31.1 Å². The van der Waals surface area contributed by atoms with E-state index in [9.17, 15) is 4.79 Å². The largest absolute Gasteiger partial charge is 0.488 e. The summed E-state index contributed by atoms with van der Waals surface area (Å²) in [5, 5.41) is 3.29. The molecule has 1 spiro atoms. The Labute approximate surface area is 200 Å². The lowest BCUT2D eigenvalue weighted by Crippen LogP contribution is -2.46. The number of amides is 1. The quantitative estimate of drug-likeness (QED) is 0.598. The lowest BCUT2D eigenvalue weighted by molar-refractivity contribution is -0.0395. The summed E-state index contributed by atoms with van der Waals surface area (Å²) in [5.74, 6) is 2.35. The molecule has 0 bridgehead atoms. The van der Waals surface area contributed by atoms with Crippen molar-refractivity contribution in [3.63, 3.8) is 0 Å². The van der Waals surface area contributed by atoms with Gasteiger partial charge in [-0.3, -0.25) is 4.79 Å². The predicted molar refractivity (Wildman–Crippen MR) is 131 cm³/mol. The lowest BCUT2D eigenvalue weighted by Gasteiger charge is -2.38. The number of piperidine rings is 1.